The minimum atomic E-state index is 0.555. The van der Waals surface area contributed by atoms with E-state index in [4.69, 9.17) is 5.84 Å². The van der Waals surface area contributed by atoms with Crippen LogP contribution >= 0.6 is 0 Å². The zero-order chi connectivity index (χ0) is 9.84. The Kier molecular flexibility index (Phi) is 3.54. The van der Waals surface area contributed by atoms with E-state index in [2.05, 4.69) is 29.2 Å². The van der Waals surface area contributed by atoms with E-state index in [1.165, 1.54) is 12.8 Å². The summed E-state index contributed by atoms with van der Waals surface area (Å²) in [6, 6.07) is 1.16. The predicted octanol–water partition coefficient (Wildman–Crippen LogP) is 0.698. The van der Waals surface area contributed by atoms with Crippen molar-refractivity contribution < 1.29 is 0 Å². The Bertz CT molecular complexity index is 190. The molecule has 1 aliphatic heterocycles. The summed E-state index contributed by atoms with van der Waals surface area (Å²) in [6.45, 7) is 4.43. The number of guanidine groups is 1. The van der Waals surface area contributed by atoms with Gasteiger partial charge >= 0.3 is 0 Å². The molecule has 4 heteroatoms. The van der Waals surface area contributed by atoms with Gasteiger partial charge in [0.05, 0.1) is 0 Å². The fourth-order valence-electron chi connectivity index (χ4n) is 2.11. The first kappa shape index (κ1) is 10.3. The number of nitrogens with zero attached hydrogens (tertiary/aromatic N) is 2. The molecule has 0 saturated carbocycles. The van der Waals surface area contributed by atoms with Gasteiger partial charge in [-0.3, -0.25) is 10.4 Å². The van der Waals surface area contributed by atoms with Gasteiger partial charge in [-0.15, -0.1) is 0 Å². The molecule has 4 nitrogen and oxygen atoms in total. The van der Waals surface area contributed by atoms with Crippen molar-refractivity contribution in [2.45, 2.75) is 45.2 Å². The zero-order valence-electron chi connectivity index (χ0n) is 8.75. The third kappa shape index (κ3) is 1.94. The molecule has 0 bridgehead atoms. The molecule has 0 radical (unpaired) electrons. The molecule has 0 aromatic carbocycles. The SMILES string of the molecule is CCC1CCC(C)N1C(=NC)NN. The maximum Gasteiger partial charge on any atom is 0.208 e. The number of aliphatic imine (C=N–C) groups is 1. The van der Waals surface area contributed by atoms with Crippen LogP contribution in [0.15, 0.2) is 4.99 Å². The van der Waals surface area contributed by atoms with E-state index >= 15 is 0 Å². The highest BCUT2D eigenvalue weighted by Gasteiger charge is 2.31. The van der Waals surface area contributed by atoms with Gasteiger partial charge in [0.1, 0.15) is 0 Å². The normalized spacial score (nSPS) is 29.5. The minimum absolute atomic E-state index is 0.555. The quantitative estimate of drug-likeness (QED) is 0.273. The average Bonchev–Trinajstić information content (AvgIpc) is 2.51. The zero-order valence-corrected chi connectivity index (χ0v) is 8.75. The molecule has 1 aliphatic rings. The molecule has 1 fully saturated rings. The van der Waals surface area contributed by atoms with Gasteiger partial charge in [0, 0.05) is 19.1 Å². The van der Waals surface area contributed by atoms with Crippen molar-refractivity contribution in [1.29, 1.82) is 0 Å². The van der Waals surface area contributed by atoms with Crippen molar-refractivity contribution in [1.82, 2.24) is 10.3 Å². The van der Waals surface area contributed by atoms with Crippen LogP contribution in [0, 0.1) is 0 Å². The van der Waals surface area contributed by atoms with Crippen molar-refractivity contribution in [3.8, 4) is 0 Å². The first-order valence-corrected chi connectivity index (χ1v) is 4.96. The van der Waals surface area contributed by atoms with Gasteiger partial charge in [-0.1, -0.05) is 6.92 Å². The molecule has 2 unspecified atom stereocenters. The first-order valence-electron chi connectivity index (χ1n) is 4.96. The van der Waals surface area contributed by atoms with Crippen LogP contribution in [-0.2, 0) is 0 Å². The second kappa shape index (κ2) is 4.46. The monoisotopic (exact) mass is 184 g/mol. The number of likely N-dealkylation sites (tertiary alicyclic amines) is 1. The van der Waals surface area contributed by atoms with Crippen LogP contribution in [0.3, 0.4) is 0 Å². The van der Waals surface area contributed by atoms with Gasteiger partial charge in [-0.25, -0.2) is 5.84 Å². The Morgan fingerprint density at radius 1 is 1.62 bits per heavy atom. The molecular formula is C9H20N4. The Labute approximate surface area is 80.2 Å². The fraction of sp³-hybridized carbons (Fsp3) is 0.889. The third-order valence-electron chi connectivity index (χ3n) is 2.84. The van der Waals surface area contributed by atoms with Gasteiger partial charge in [0.2, 0.25) is 5.96 Å². The summed E-state index contributed by atoms with van der Waals surface area (Å²) < 4.78 is 0. The van der Waals surface area contributed by atoms with Gasteiger partial charge < -0.3 is 4.90 Å². The molecule has 13 heavy (non-hydrogen) atoms. The summed E-state index contributed by atoms with van der Waals surface area (Å²) in [5.41, 5.74) is 2.66. The standard InChI is InChI=1S/C9H20N4/c1-4-8-6-5-7(2)13(8)9(11-3)12-10/h7-8H,4-6,10H2,1-3H3,(H,11,12). The minimum Gasteiger partial charge on any atom is -0.336 e. The van der Waals surface area contributed by atoms with Crippen LogP contribution in [0.5, 0.6) is 0 Å². The van der Waals surface area contributed by atoms with Crippen LogP contribution in [0.2, 0.25) is 0 Å². The molecule has 0 spiro atoms. The van der Waals surface area contributed by atoms with Crippen molar-refractivity contribution in [3.05, 3.63) is 0 Å². The third-order valence-corrected chi connectivity index (χ3v) is 2.84. The van der Waals surface area contributed by atoms with Crippen LogP contribution in [0.25, 0.3) is 0 Å². The lowest BCUT2D eigenvalue weighted by Crippen LogP contribution is -2.49. The molecule has 3 N–H and O–H groups in total. The summed E-state index contributed by atoms with van der Waals surface area (Å²) in [4.78, 5) is 6.44. The van der Waals surface area contributed by atoms with Crippen LogP contribution in [0.4, 0.5) is 0 Å². The van der Waals surface area contributed by atoms with Crippen molar-refractivity contribution in [2.75, 3.05) is 7.05 Å². The van der Waals surface area contributed by atoms with E-state index in [0.29, 0.717) is 12.1 Å². The summed E-state index contributed by atoms with van der Waals surface area (Å²) in [5, 5.41) is 0. The summed E-state index contributed by atoms with van der Waals surface area (Å²) in [5.74, 6) is 6.24. The molecule has 1 heterocycles. The lowest BCUT2D eigenvalue weighted by Gasteiger charge is -2.30. The van der Waals surface area contributed by atoms with Crippen LogP contribution in [0.1, 0.15) is 33.1 Å². The highest BCUT2D eigenvalue weighted by Crippen LogP contribution is 2.25. The van der Waals surface area contributed by atoms with Gasteiger partial charge in [-0.2, -0.15) is 0 Å². The van der Waals surface area contributed by atoms with Crippen LogP contribution in [-0.4, -0.2) is 30.0 Å². The number of rotatable bonds is 1. The average molecular weight is 184 g/mol. The summed E-state index contributed by atoms with van der Waals surface area (Å²) in [6.07, 6.45) is 3.64. The number of nitrogens with two attached hydrogens (primary N) is 1. The smallest absolute Gasteiger partial charge is 0.208 e. The molecule has 0 amide bonds. The Morgan fingerprint density at radius 2 is 2.31 bits per heavy atom. The molecule has 1 rings (SSSR count). The highest BCUT2D eigenvalue weighted by atomic mass is 15.4. The Hall–Kier alpha value is -0.770. The van der Waals surface area contributed by atoms with E-state index in [0.717, 1.165) is 12.4 Å². The van der Waals surface area contributed by atoms with E-state index in [9.17, 15) is 0 Å². The largest absolute Gasteiger partial charge is 0.336 e. The highest BCUT2D eigenvalue weighted by molar-refractivity contribution is 5.80. The Morgan fingerprint density at radius 3 is 2.77 bits per heavy atom. The second-order valence-electron chi connectivity index (χ2n) is 3.59. The number of nitrogens with one attached hydrogen (secondary N) is 1. The molecule has 0 aliphatic carbocycles. The molecule has 0 aromatic rings. The molecule has 2 atom stereocenters. The maximum absolute atomic E-state index is 5.42. The first-order chi connectivity index (χ1) is 6.24. The van der Waals surface area contributed by atoms with E-state index < -0.39 is 0 Å². The van der Waals surface area contributed by atoms with Crippen molar-refractivity contribution in [3.63, 3.8) is 0 Å². The molecule has 0 aromatic heterocycles. The van der Waals surface area contributed by atoms with Crippen LogP contribution < -0.4 is 11.3 Å². The molecule has 1 saturated heterocycles. The second-order valence-corrected chi connectivity index (χ2v) is 3.59. The van der Waals surface area contributed by atoms with Gasteiger partial charge in [-0.05, 0) is 26.2 Å². The molecule has 76 valence electrons. The topological polar surface area (TPSA) is 53.6 Å². The lowest BCUT2D eigenvalue weighted by molar-refractivity contribution is 0.310. The number of hydrazine groups is 1. The Balaban J connectivity index is 2.73. The fourth-order valence-corrected chi connectivity index (χ4v) is 2.11. The number of hydrogen-bond donors (Lipinski definition) is 2. The van der Waals surface area contributed by atoms with Crippen molar-refractivity contribution >= 4 is 5.96 Å². The van der Waals surface area contributed by atoms with Gasteiger partial charge in [0.25, 0.3) is 0 Å². The van der Waals surface area contributed by atoms with E-state index in [1.54, 1.807) is 7.05 Å². The number of hydrogen-bond acceptors (Lipinski definition) is 2. The van der Waals surface area contributed by atoms with E-state index in [-0.39, 0.29) is 0 Å². The molecular weight excluding hydrogens is 164 g/mol. The maximum atomic E-state index is 5.42. The predicted molar refractivity (Wildman–Crippen MR) is 55.3 cm³/mol. The van der Waals surface area contributed by atoms with Crippen molar-refractivity contribution in [2.24, 2.45) is 10.8 Å². The summed E-state index contributed by atoms with van der Waals surface area (Å²) in [7, 11) is 1.77. The van der Waals surface area contributed by atoms with E-state index in [1.807, 2.05) is 0 Å². The summed E-state index contributed by atoms with van der Waals surface area (Å²) >= 11 is 0. The van der Waals surface area contributed by atoms with Gasteiger partial charge in [0.15, 0.2) is 0 Å². The lowest BCUT2D eigenvalue weighted by atomic mass is 10.2.